The third kappa shape index (κ3) is 3.53. The predicted octanol–water partition coefficient (Wildman–Crippen LogP) is 3.44. The zero-order valence-electron chi connectivity index (χ0n) is 15.1. The molecule has 140 valence electrons. The van der Waals surface area contributed by atoms with E-state index in [-0.39, 0.29) is 6.54 Å². The lowest BCUT2D eigenvalue weighted by atomic mass is 9.87. The largest absolute Gasteiger partial charge is 0.325 e. The van der Waals surface area contributed by atoms with Crippen molar-refractivity contribution < 1.29 is 14.4 Å². The van der Waals surface area contributed by atoms with Gasteiger partial charge in [-0.1, -0.05) is 54.9 Å². The van der Waals surface area contributed by atoms with Crippen molar-refractivity contribution in [2.45, 2.75) is 25.8 Å². The molecule has 1 heterocycles. The van der Waals surface area contributed by atoms with Gasteiger partial charge in [0.25, 0.3) is 5.91 Å². The number of amides is 4. The zero-order valence-corrected chi connectivity index (χ0v) is 15.8. The lowest BCUT2D eigenvalue weighted by Crippen LogP contribution is -2.44. The normalized spacial score (nSPS) is 19.1. The number of aryl methyl sites for hydroxylation is 1. The van der Waals surface area contributed by atoms with E-state index in [0.29, 0.717) is 22.7 Å². The van der Waals surface area contributed by atoms with Crippen LogP contribution in [0, 0.1) is 6.92 Å². The highest BCUT2D eigenvalue weighted by Crippen LogP contribution is 2.32. The van der Waals surface area contributed by atoms with E-state index in [1.54, 1.807) is 36.4 Å². The van der Waals surface area contributed by atoms with Gasteiger partial charge < -0.3 is 10.6 Å². The third-order valence-corrected chi connectivity index (χ3v) is 4.99. The minimum absolute atomic E-state index is 0.378. The molecule has 1 aliphatic heterocycles. The highest BCUT2D eigenvalue weighted by atomic mass is 35.5. The van der Waals surface area contributed by atoms with Crippen molar-refractivity contribution in [2.75, 3.05) is 11.9 Å². The molecular formula is C20H20ClN3O3. The van der Waals surface area contributed by atoms with Crippen molar-refractivity contribution >= 4 is 35.1 Å². The Labute approximate surface area is 162 Å². The van der Waals surface area contributed by atoms with Crippen LogP contribution in [0.25, 0.3) is 0 Å². The van der Waals surface area contributed by atoms with Crippen LogP contribution < -0.4 is 10.6 Å². The number of rotatable bonds is 5. The standard InChI is InChI=1S/C20H20ClN3O3/c1-3-20(14-7-5-4-6-8-14)18(26)24(19(27)23-20)12-17(25)22-16-10-9-13(2)11-15(16)21/h4-11H,3,12H2,1-2H3,(H,22,25)(H,23,27)/t20-/m0/s1. The first-order valence-electron chi connectivity index (χ1n) is 8.63. The molecule has 2 N–H and O–H groups in total. The second kappa shape index (κ2) is 7.40. The second-order valence-electron chi connectivity index (χ2n) is 6.48. The van der Waals surface area contributed by atoms with E-state index in [4.69, 9.17) is 11.6 Å². The molecule has 1 atom stereocenters. The molecule has 1 aliphatic rings. The van der Waals surface area contributed by atoms with Crippen LogP contribution in [0.3, 0.4) is 0 Å². The fourth-order valence-corrected chi connectivity index (χ4v) is 3.47. The fourth-order valence-electron chi connectivity index (χ4n) is 3.19. The van der Waals surface area contributed by atoms with Gasteiger partial charge in [0.15, 0.2) is 0 Å². The van der Waals surface area contributed by atoms with E-state index in [1.165, 1.54) is 0 Å². The molecule has 6 nitrogen and oxygen atoms in total. The summed E-state index contributed by atoms with van der Waals surface area (Å²) >= 11 is 6.12. The Hall–Kier alpha value is -2.86. The molecule has 3 rings (SSSR count). The highest BCUT2D eigenvalue weighted by Gasteiger charge is 2.51. The molecule has 0 unspecified atom stereocenters. The van der Waals surface area contributed by atoms with Crippen LogP contribution in [0.1, 0.15) is 24.5 Å². The number of benzene rings is 2. The van der Waals surface area contributed by atoms with Crippen molar-refractivity contribution in [1.82, 2.24) is 10.2 Å². The first-order valence-corrected chi connectivity index (χ1v) is 9.01. The number of hydrogen-bond acceptors (Lipinski definition) is 3. The first kappa shape index (κ1) is 18.9. The maximum absolute atomic E-state index is 13.0. The molecule has 2 aromatic carbocycles. The molecule has 2 aromatic rings. The number of imide groups is 1. The number of nitrogens with zero attached hydrogens (tertiary/aromatic N) is 1. The molecule has 0 saturated carbocycles. The topological polar surface area (TPSA) is 78.5 Å². The monoisotopic (exact) mass is 385 g/mol. The average molecular weight is 386 g/mol. The van der Waals surface area contributed by atoms with Crippen molar-refractivity contribution in [3.05, 3.63) is 64.7 Å². The van der Waals surface area contributed by atoms with Gasteiger partial charge in [0.05, 0.1) is 10.7 Å². The SMILES string of the molecule is CC[C@@]1(c2ccccc2)NC(=O)N(CC(=O)Nc2ccc(C)cc2Cl)C1=O. The molecule has 0 aromatic heterocycles. The lowest BCUT2D eigenvalue weighted by Gasteiger charge is -2.25. The van der Waals surface area contributed by atoms with Gasteiger partial charge >= 0.3 is 6.03 Å². The molecule has 1 saturated heterocycles. The molecular weight excluding hydrogens is 366 g/mol. The lowest BCUT2D eigenvalue weighted by molar-refractivity contribution is -0.134. The number of carbonyl (C=O) groups is 3. The number of halogens is 1. The number of urea groups is 1. The Kier molecular flexibility index (Phi) is 5.19. The maximum atomic E-state index is 13.0. The van der Waals surface area contributed by atoms with E-state index < -0.39 is 23.4 Å². The summed E-state index contributed by atoms with van der Waals surface area (Å²) in [5, 5.41) is 5.79. The molecule has 0 aliphatic carbocycles. The minimum Gasteiger partial charge on any atom is -0.323 e. The number of nitrogens with one attached hydrogen (secondary N) is 2. The van der Waals surface area contributed by atoms with Gasteiger partial charge in [-0.3, -0.25) is 14.5 Å². The summed E-state index contributed by atoms with van der Waals surface area (Å²) in [5.41, 5.74) is 0.933. The summed E-state index contributed by atoms with van der Waals surface area (Å²) in [6.45, 7) is 3.32. The van der Waals surface area contributed by atoms with Gasteiger partial charge in [0, 0.05) is 0 Å². The molecule has 0 bridgehead atoms. The summed E-state index contributed by atoms with van der Waals surface area (Å²) in [6, 6.07) is 13.7. The first-order chi connectivity index (χ1) is 12.9. The summed E-state index contributed by atoms with van der Waals surface area (Å²) < 4.78 is 0. The van der Waals surface area contributed by atoms with E-state index in [9.17, 15) is 14.4 Å². The van der Waals surface area contributed by atoms with E-state index in [0.717, 1.165) is 10.5 Å². The van der Waals surface area contributed by atoms with Gasteiger partial charge in [-0.15, -0.1) is 0 Å². The summed E-state index contributed by atoms with van der Waals surface area (Å²) in [7, 11) is 0. The molecule has 0 radical (unpaired) electrons. The van der Waals surface area contributed by atoms with Crippen molar-refractivity contribution in [2.24, 2.45) is 0 Å². The minimum atomic E-state index is -1.15. The van der Waals surface area contributed by atoms with Gasteiger partial charge in [-0.25, -0.2) is 4.79 Å². The number of carbonyl (C=O) groups excluding carboxylic acids is 3. The summed E-state index contributed by atoms with van der Waals surface area (Å²) in [5.74, 6) is -0.935. The number of hydrogen-bond donors (Lipinski definition) is 2. The van der Waals surface area contributed by atoms with Crippen LogP contribution in [0.4, 0.5) is 10.5 Å². The van der Waals surface area contributed by atoms with Gasteiger partial charge in [0.2, 0.25) is 5.91 Å². The maximum Gasteiger partial charge on any atom is 0.325 e. The highest BCUT2D eigenvalue weighted by molar-refractivity contribution is 6.33. The number of anilines is 1. The summed E-state index contributed by atoms with van der Waals surface area (Å²) in [4.78, 5) is 38.8. The van der Waals surface area contributed by atoms with E-state index >= 15 is 0 Å². The van der Waals surface area contributed by atoms with Gasteiger partial charge in [-0.05, 0) is 36.6 Å². The Morgan fingerprint density at radius 2 is 1.89 bits per heavy atom. The Morgan fingerprint density at radius 3 is 2.52 bits per heavy atom. The van der Waals surface area contributed by atoms with Gasteiger partial charge in [-0.2, -0.15) is 0 Å². The Balaban J connectivity index is 1.78. The van der Waals surface area contributed by atoms with Crippen molar-refractivity contribution in [3.63, 3.8) is 0 Å². The van der Waals surface area contributed by atoms with Gasteiger partial charge in [0.1, 0.15) is 12.1 Å². The smallest absolute Gasteiger partial charge is 0.323 e. The molecule has 7 heteroatoms. The molecule has 4 amide bonds. The van der Waals surface area contributed by atoms with Crippen LogP contribution in [0.15, 0.2) is 48.5 Å². The average Bonchev–Trinajstić information content (AvgIpc) is 2.90. The van der Waals surface area contributed by atoms with Crippen molar-refractivity contribution in [3.8, 4) is 0 Å². The molecule has 27 heavy (non-hydrogen) atoms. The summed E-state index contributed by atoms with van der Waals surface area (Å²) in [6.07, 6.45) is 0.378. The van der Waals surface area contributed by atoms with Crippen LogP contribution in [-0.2, 0) is 15.1 Å². The Bertz CT molecular complexity index is 901. The second-order valence-corrected chi connectivity index (χ2v) is 6.89. The van der Waals surface area contributed by atoms with Crippen LogP contribution >= 0.6 is 11.6 Å². The molecule has 1 fully saturated rings. The third-order valence-electron chi connectivity index (χ3n) is 4.67. The van der Waals surface area contributed by atoms with Crippen LogP contribution in [-0.4, -0.2) is 29.3 Å². The Morgan fingerprint density at radius 1 is 1.19 bits per heavy atom. The predicted molar refractivity (Wildman–Crippen MR) is 103 cm³/mol. The molecule has 0 spiro atoms. The van der Waals surface area contributed by atoms with Crippen molar-refractivity contribution in [1.29, 1.82) is 0 Å². The van der Waals surface area contributed by atoms with E-state index in [2.05, 4.69) is 10.6 Å². The van der Waals surface area contributed by atoms with Crippen LogP contribution in [0.2, 0.25) is 5.02 Å². The zero-order chi connectivity index (χ0) is 19.6. The van der Waals surface area contributed by atoms with Crippen LogP contribution in [0.5, 0.6) is 0 Å². The fraction of sp³-hybridized carbons (Fsp3) is 0.250. The van der Waals surface area contributed by atoms with E-state index in [1.807, 2.05) is 26.0 Å². The quantitative estimate of drug-likeness (QED) is 0.774.